The molecule has 0 aliphatic carbocycles. The van der Waals surface area contributed by atoms with Crippen molar-refractivity contribution in [3.05, 3.63) is 0 Å². The van der Waals surface area contributed by atoms with Crippen LogP contribution in [0, 0.1) is 5.41 Å². The molecule has 1 saturated heterocycles. The van der Waals surface area contributed by atoms with Crippen LogP contribution in [-0.4, -0.2) is 53.9 Å². The monoisotopic (exact) mass is 313 g/mol. The zero-order chi connectivity index (χ0) is 16.8. The number of hydrogen-bond acceptors (Lipinski definition) is 3. The van der Waals surface area contributed by atoms with Crippen molar-refractivity contribution in [2.45, 2.75) is 71.9 Å². The molecule has 0 aromatic rings. The third-order valence-corrected chi connectivity index (χ3v) is 4.47. The van der Waals surface area contributed by atoms with Crippen molar-refractivity contribution in [1.82, 2.24) is 15.5 Å². The molecule has 5 nitrogen and oxygen atoms in total. The van der Waals surface area contributed by atoms with Crippen LogP contribution in [0.1, 0.15) is 60.3 Å². The topological polar surface area (TPSA) is 64.6 Å². The van der Waals surface area contributed by atoms with Crippen molar-refractivity contribution in [2.24, 2.45) is 5.41 Å². The molecule has 0 spiro atoms. The Kier molecular flexibility index (Phi) is 7.13. The van der Waals surface area contributed by atoms with Crippen LogP contribution in [0.25, 0.3) is 0 Å². The van der Waals surface area contributed by atoms with Gasteiger partial charge in [-0.1, -0.05) is 20.3 Å². The van der Waals surface area contributed by atoms with Crippen LogP contribution in [0.15, 0.2) is 0 Å². The number of nitrogens with zero attached hydrogens (tertiary/aromatic N) is 1. The first-order valence-electron chi connectivity index (χ1n) is 8.57. The molecule has 0 aromatic heterocycles. The van der Waals surface area contributed by atoms with E-state index < -0.39 is 0 Å². The number of amides is 2. The Morgan fingerprint density at radius 2 is 1.64 bits per heavy atom. The van der Waals surface area contributed by atoms with Gasteiger partial charge in [0.25, 0.3) is 0 Å². The Labute approximate surface area is 135 Å². The molecule has 3 N–H and O–H groups in total. The fourth-order valence-electron chi connectivity index (χ4n) is 3.16. The predicted molar refractivity (Wildman–Crippen MR) is 91.0 cm³/mol. The van der Waals surface area contributed by atoms with Crippen molar-refractivity contribution < 1.29 is 9.90 Å². The van der Waals surface area contributed by atoms with Gasteiger partial charge in [-0.2, -0.15) is 0 Å². The molecule has 22 heavy (non-hydrogen) atoms. The first kappa shape index (κ1) is 19.2. The third kappa shape index (κ3) is 6.97. The highest BCUT2D eigenvalue weighted by molar-refractivity contribution is 5.73. The molecule has 2 amide bonds. The zero-order valence-corrected chi connectivity index (χ0v) is 15.0. The fraction of sp³-hybridized carbons (Fsp3) is 0.941. The normalized spacial score (nSPS) is 18.8. The molecular weight excluding hydrogens is 278 g/mol. The van der Waals surface area contributed by atoms with Gasteiger partial charge in [0.1, 0.15) is 0 Å². The van der Waals surface area contributed by atoms with Gasteiger partial charge < -0.3 is 15.7 Å². The third-order valence-electron chi connectivity index (χ3n) is 4.47. The van der Waals surface area contributed by atoms with Crippen LogP contribution in [0.2, 0.25) is 0 Å². The smallest absolute Gasteiger partial charge is 0.314 e. The molecule has 0 radical (unpaired) electrons. The summed E-state index contributed by atoms with van der Waals surface area (Å²) >= 11 is 0. The van der Waals surface area contributed by atoms with Gasteiger partial charge in [0.05, 0.1) is 6.10 Å². The highest BCUT2D eigenvalue weighted by Gasteiger charge is 2.28. The lowest BCUT2D eigenvalue weighted by Gasteiger charge is -2.41. The lowest BCUT2D eigenvalue weighted by Crippen LogP contribution is -2.55. The SMILES string of the molecule is CC(O)CC(C)(C)CNC(=O)NCC(C)(C)N1CCCCC1. The zero-order valence-electron chi connectivity index (χ0n) is 15.0. The van der Waals surface area contributed by atoms with E-state index in [2.05, 4.69) is 43.2 Å². The highest BCUT2D eigenvalue weighted by Crippen LogP contribution is 2.21. The van der Waals surface area contributed by atoms with E-state index in [9.17, 15) is 9.90 Å². The molecule has 1 aliphatic rings. The Hall–Kier alpha value is -0.810. The summed E-state index contributed by atoms with van der Waals surface area (Å²) in [5.41, 5.74) is -0.110. The van der Waals surface area contributed by atoms with Gasteiger partial charge in [0, 0.05) is 18.6 Å². The molecule has 5 heteroatoms. The number of aliphatic hydroxyl groups excluding tert-OH is 1. The fourth-order valence-corrected chi connectivity index (χ4v) is 3.16. The summed E-state index contributed by atoms with van der Waals surface area (Å²) in [6, 6.07) is -0.122. The van der Waals surface area contributed by atoms with E-state index in [0.29, 0.717) is 19.5 Å². The minimum atomic E-state index is -0.349. The summed E-state index contributed by atoms with van der Waals surface area (Å²) in [5, 5.41) is 15.4. The molecule has 130 valence electrons. The van der Waals surface area contributed by atoms with E-state index >= 15 is 0 Å². The molecule has 1 aliphatic heterocycles. The van der Waals surface area contributed by atoms with Gasteiger partial charge >= 0.3 is 6.03 Å². The Morgan fingerprint density at radius 3 is 2.18 bits per heavy atom. The van der Waals surface area contributed by atoms with E-state index in [-0.39, 0.29) is 23.1 Å². The molecule has 1 atom stereocenters. The van der Waals surface area contributed by atoms with Gasteiger partial charge in [-0.05, 0) is 58.5 Å². The minimum Gasteiger partial charge on any atom is -0.393 e. The number of rotatable bonds is 7. The Bertz CT molecular complexity index is 348. The van der Waals surface area contributed by atoms with Gasteiger partial charge in [0.2, 0.25) is 0 Å². The van der Waals surface area contributed by atoms with Gasteiger partial charge in [-0.3, -0.25) is 4.90 Å². The number of aliphatic hydroxyl groups is 1. The van der Waals surface area contributed by atoms with Crippen molar-refractivity contribution in [3.8, 4) is 0 Å². The van der Waals surface area contributed by atoms with Crippen molar-refractivity contribution in [2.75, 3.05) is 26.2 Å². The van der Waals surface area contributed by atoms with E-state index in [1.54, 1.807) is 6.92 Å². The van der Waals surface area contributed by atoms with Crippen molar-refractivity contribution >= 4 is 6.03 Å². The molecule has 0 aromatic carbocycles. The Balaban J connectivity index is 2.32. The maximum atomic E-state index is 12.0. The average Bonchev–Trinajstić information content (AvgIpc) is 2.43. The number of nitrogens with one attached hydrogen (secondary N) is 2. The summed E-state index contributed by atoms with van der Waals surface area (Å²) < 4.78 is 0. The molecule has 1 unspecified atom stereocenters. The minimum absolute atomic E-state index is 0.00705. The maximum absolute atomic E-state index is 12.0. The lowest BCUT2D eigenvalue weighted by molar-refractivity contribution is 0.0955. The summed E-state index contributed by atoms with van der Waals surface area (Å²) in [6.45, 7) is 13.7. The largest absolute Gasteiger partial charge is 0.393 e. The van der Waals surface area contributed by atoms with E-state index in [0.717, 1.165) is 13.1 Å². The van der Waals surface area contributed by atoms with Crippen LogP contribution in [0.4, 0.5) is 4.79 Å². The van der Waals surface area contributed by atoms with Crippen LogP contribution in [0.3, 0.4) is 0 Å². The molecule has 1 heterocycles. The van der Waals surface area contributed by atoms with E-state index in [1.807, 2.05) is 0 Å². The summed E-state index contributed by atoms with van der Waals surface area (Å²) in [6.07, 6.45) is 4.15. The predicted octanol–water partition coefficient (Wildman–Crippen LogP) is 2.35. The lowest BCUT2D eigenvalue weighted by atomic mass is 9.87. The van der Waals surface area contributed by atoms with Crippen LogP contribution < -0.4 is 10.6 Å². The quantitative estimate of drug-likeness (QED) is 0.676. The van der Waals surface area contributed by atoms with Crippen LogP contribution >= 0.6 is 0 Å². The van der Waals surface area contributed by atoms with Crippen LogP contribution in [0.5, 0.6) is 0 Å². The summed E-state index contributed by atoms with van der Waals surface area (Å²) in [5.74, 6) is 0. The number of hydrogen-bond donors (Lipinski definition) is 3. The number of carbonyl (C=O) groups excluding carboxylic acids is 1. The number of carbonyl (C=O) groups is 1. The highest BCUT2D eigenvalue weighted by atomic mass is 16.3. The van der Waals surface area contributed by atoms with E-state index in [4.69, 9.17) is 0 Å². The first-order valence-corrected chi connectivity index (χ1v) is 8.57. The van der Waals surface area contributed by atoms with Gasteiger partial charge in [-0.25, -0.2) is 4.79 Å². The second kappa shape index (κ2) is 8.16. The second-order valence-electron chi connectivity index (χ2n) is 8.11. The van der Waals surface area contributed by atoms with Crippen molar-refractivity contribution in [3.63, 3.8) is 0 Å². The molecule has 0 saturated carbocycles. The summed E-state index contributed by atoms with van der Waals surface area (Å²) in [4.78, 5) is 14.5. The average molecular weight is 313 g/mol. The van der Waals surface area contributed by atoms with Crippen LogP contribution in [-0.2, 0) is 0 Å². The van der Waals surface area contributed by atoms with Gasteiger partial charge in [0.15, 0.2) is 0 Å². The number of likely N-dealkylation sites (tertiary alicyclic amines) is 1. The molecule has 1 fully saturated rings. The molecular formula is C17H35N3O2. The molecule has 1 rings (SSSR count). The number of piperidine rings is 1. The first-order chi connectivity index (χ1) is 10.1. The van der Waals surface area contributed by atoms with Crippen molar-refractivity contribution in [1.29, 1.82) is 0 Å². The van der Waals surface area contributed by atoms with E-state index in [1.165, 1.54) is 19.3 Å². The Morgan fingerprint density at radius 1 is 1.09 bits per heavy atom. The number of urea groups is 1. The summed E-state index contributed by atoms with van der Waals surface area (Å²) in [7, 11) is 0. The molecule has 0 bridgehead atoms. The van der Waals surface area contributed by atoms with Gasteiger partial charge in [-0.15, -0.1) is 0 Å². The second-order valence-corrected chi connectivity index (χ2v) is 8.11. The standard InChI is InChI=1S/C17H35N3O2/c1-14(21)11-16(2,3)12-18-15(22)19-13-17(4,5)20-9-7-6-8-10-20/h14,21H,6-13H2,1-5H3,(H2,18,19,22). The maximum Gasteiger partial charge on any atom is 0.314 e.